The molecular weight excluding hydrogens is 2080 g/mol. The lowest BCUT2D eigenvalue weighted by molar-refractivity contribution is -0.386. The van der Waals surface area contributed by atoms with E-state index >= 15 is 0 Å². The van der Waals surface area contributed by atoms with Crippen molar-refractivity contribution in [2.24, 2.45) is 27.1 Å². The van der Waals surface area contributed by atoms with Gasteiger partial charge in [0, 0.05) is 126 Å². The van der Waals surface area contributed by atoms with Crippen molar-refractivity contribution in [3.8, 4) is 29.4 Å². The van der Waals surface area contributed by atoms with Gasteiger partial charge < -0.3 is 94.6 Å². The van der Waals surface area contributed by atoms with E-state index in [9.17, 15) is 77.8 Å². The van der Waals surface area contributed by atoms with Crippen molar-refractivity contribution >= 4 is 193 Å². The number of nitrogens with zero attached hydrogens (tertiary/aromatic N) is 17. The molecule has 5 saturated carbocycles. The lowest BCUT2D eigenvalue weighted by atomic mass is 9.96. The Morgan fingerprint density at radius 1 is 0.359 bits per heavy atom. The smallest absolute Gasteiger partial charge is 0.331 e. The Labute approximate surface area is 848 Å². The number of hydrogen-bond acceptors (Lipinski definition) is 34. The second kappa shape index (κ2) is 40.6. The molecule has 54 heteroatoms. The quantitative estimate of drug-likeness (QED) is 0.00737. The Bertz CT molecular complexity index is 6730. The highest BCUT2D eigenvalue weighted by atomic mass is 35.5. The Hall–Kier alpha value is -12.2. The number of nitrogen functional groups attached to an aromatic ring is 1. The molecule has 5 aliphatic carbocycles. The molecule has 772 valence electrons. The molecule has 11 aromatic rings. The molecule has 5 saturated heterocycles. The zero-order chi connectivity index (χ0) is 105. The maximum atomic E-state index is 13.5. The second-order valence-electron chi connectivity index (χ2n) is 37.3. The third kappa shape index (κ3) is 23.2. The van der Waals surface area contributed by atoms with E-state index in [-0.39, 0.29) is 139 Å². The van der Waals surface area contributed by atoms with Crippen LogP contribution in [0.2, 0.25) is 25.5 Å². The number of rotatable bonds is 24. The van der Waals surface area contributed by atoms with Crippen molar-refractivity contribution in [3.63, 3.8) is 0 Å². The summed E-state index contributed by atoms with van der Waals surface area (Å²) in [5.74, 6) is -8.06. The number of nitro groups is 2. The highest BCUT2D eigenvalue weighted by molar-refractivity contribution is 7.71. The molecule has 8 N–H and O–H groups in total. The summed E-state index contributed by atoms with van der Waals surface area (Å²) in [6, 6.07) is 37.5. The van der Waals surface area contributed by atoms with Crippen LogP contribution in [0.1, 0.15) is 32.1 Å². The van der Waals surface area contributed by atoms with Crippen LogP contribution in [0, 0.1) is 47.3 Å². The molecule has 0 radical (unpaired) electrons. The molecule has 10 aliphatic rings. The van der Waals surface area contributed by atoms with Gasteiger partial charge in [0.25, 0.3) is 41.4 Å². The number of halogens is 15. The van der Waals surface area contributed by atoms with Gasteiger partial charge >= 0.3 is 11.4 Å². The molecule has 0 bridgehead atoms. The number of ether oxygens (including phenoxy) is 5. The Morgan fingerprint density at radius 2 is 0.641 bits per heavy atom. The monoisotopic (exact) mass is 2170 g/mol. The summed E-state index contributed by atoms with van der Waals surface area (Å²) in [6.07, 6.45) is 4.23. The molecule has 21 rings (SSSR count). The fourth-order valence-corrected chi connectivity index (χ4v) is 20.9. The first-order chi connectivity index (χ1) is 68.1. The fraction of sp³-hybridized carbons (Fsp3) is 0.396. The van der Waals surface area contributed by atoms with Crippen LogP contribution in [0.4, 0.5) is 142 Å². The second-order valence-corrected chi connectivity index (χ2v) is 48.8. The minimum atomic E-state index is -2.58. The first-order valence-electron chi connectivity index (χ1n) is 44.1. The standard InChI is InChI=1S/2C23H24ClF2N6O2P.C12H12Cl2N3OP.C11H11F2N3O3.C11H13F2N3O.C6H5ClN2O3.C5H7F2N/c2*1-34-20-16(8-9-18(30-20)32-12-22(13-32)11-23(22,25)26)29-21-27-10-14(24)19(31-21)28-15-6-4-5-7-17(15)35(2,3)33;1-19(2,18)10-6-4-3-5-9(10)16-11-8(13)7-15-12(14)17-11;1-19-9-7(16(17)18)2-3-8(14-9)15-5-10(6-15)4-11(10,12)13;1-17-9-7(14)2-3-8(15-9)16-5-10(6-16)4-11(10,12)13;1-12-6-4(9(10)11)2-3-5(7)8-6;6-5(7)1-4(5)2-8-3-4/h2*4-10H,11-13H2,1-3H3,(H2,27,28,29,31);3-7H,1-2H3,(H,15,16,17);2-3H,4-6H2,1H3;2-3H,4-6,14H2,1H3;2-3H,1H3;8H,1-3H2. The molecule has 5 spiro atoms. The van der Waals surface area contributed by atoms with Gasteiger partial charge in [0.1, 0.15) is 76.3 Å². The predicted molar refractivity (Wildman–Crippen MR) is 538 cm³/mol. The van der Waals surface area contributed by atoms with E-state index in [0.717, 1.165) is 5.30 Å². The maximum absolute atomic E-state index is 13.5. The Balaban J connectivity index is 0.000000133. The molecule has 3 aromatic carbocycles. The summed E-state index contributed by atoms with van der Waals surface area (Å²) in [5.41, 5.74) is 4.61. The van der Waals surface area contributed by atoms with Gasteiger partial charge in [-0.1, -0.05) is 82.8 Å². The topological polar surface area (TPSA) is 437 Å². The summed E-state index contributed by atoms with van der Waals surface area (Å²) in [5, 5.41) is 42.7. The third-order valence-electron chi connectivity index (χ3n) is 25.7. The van der Waals surface area contributed by atoms with E-state index in [4.69, 9.17) is 82.7 Å². The average Bonchev–Trinajstić information content (AvgIpc) is 1.52. The van der Waals surface area contributed by atoms with Crippen molar-refractivity contribution in [2.45, 2.75) is 61.7 Å². The number of anilines is 15. The van der Waals surface area contributed by atoms with Gasteiger partial charge in [0.15, 0.2) is 17.5 Å². The largest absolute Gasteiger partial charge is 0.479 e. The summed E-state index contributed by atoms with van der Waals surface area (Å²) in [4.78, 5) is 72.9. The number of benzene rings is 3. The minimum absolute atomic E-state index is 0.00259. The predicted octanol–water partition coefficient (Wildman–Crippen LogP) is 19.6. The molecule has 0 amide bonds. The van der Waals surface area contributed by atoms with E-state index in [1.54, 1.807) is 93.4 Å². The van der Waals surface area contributed by atoms with Gasteiger partial charge in [-0.15, -0.1) is 0 Å². The lowest BCUT2D eigenvalue weighted by Gasteiger charge is -2.40. The number of methoxy groups -OCH3 is 5. The van der Waals surface area contributed by atoms with E-state index in [1.807, 2.05) is 75.4 Å². The van der Waals surface area contributed by atoms with Gasteiger partial charge in [-0.3, -0.25) is 20.2 Å². The van der Waals surface area contributed by atoms with E-state index in [0.29, 0.717) is 123 Å². The van der Waals surface area contributed by atoms with E-state index < -0.39 is 88.0 Å². The van der Waals surface area contributed by atoms with Crippen LogP contribution < -0.4 is 96.8 Å². The highest BCUT2D eigenvalue weighted by Crippen LogP contribution is 2.69. The summed E-state index contributed by atoms with van der Waals surface area (Å²) in [6.45, 7) is 13.6. The van der Waals surface area contributed by atoms with Gasteiger partial charge in [0.2, 0.25) is 34.8 Å². The van der Waals surface area contributed by atoms with E-state index in [2.05, 4.69) is 91.5 Å². The average molecular weight is 2180 g/mol. The van der Waals surface area contributed by atoms with Crippen LogP contribution in [0.5, 0.6) is 29.4 Å². The Morgan fingerprint density at radius 3 is 0.938 bits per heavy atom. The molecule has 8 aromatic heterocycles. The highest BCUT2D eigenvalue weighted by Gasteiger charge is 2.79. The molecule has 0 atom stereocenters. The number of alkyl halides is 10. The minimum Gasteiger partial charge on any atom is -0.479 e. The molecule has 10 fully saturated rings. The summed E-state index contributed by atoms with van der Waals surface area (Å²) < 4.78 is 194. The van der Waals surface area contributed by atoms with Gasteiger partial charge in [0.05, 0.1) is 114 Å². The molecule has 145 heavy (non-hydrogen) atoms. The molecule has 36 nitrogen and oxygen atoms in total. The van der Waals surface area contributed by atoms with Gasteiger partial charge in [-0.25, -0.2) is 58.9 Å². The Kier molecular flexibility index (Phi) is 30.0. The van der Waals surface area contributed by atoms with Crippen molar-refractivity contribution in [3.05, 3.63) is 198 Å². The number of nitrogens with two attached hydrogens (primary N) is 1. The number of nitrogens with one attached hydrogen (secondary N) is 6. The van der Waals surface area contributed by atoms with Crippen molar-refractivity contribution in [2.75, 3.05) is 193 Å². The molecule has 0 unspecified atom stereocenters. The van der Waals surface area contributed by atoms with Crippen LogP contribution in [-0.4, -0.2) is 235 Å². The zero-order valence-electron chi connectivity index (χ0n) is 79.1. The fourth-order valence-electron chi connectivity index (χ4n) is 16.8. The van der Waals surface area contributed by atoms with Crippen LogP contribution in [0.3, 0.4) is 0 Å². The SMILES string of the molecule is COc1nc(Cl)ccc1[N+](=O)[O-].COc1nc(N2CC3(C2)CC3(F)F)ccc1N.COc1nc(N2CC3(C2)CC3(F)F)ccc1Nc1ncc(Cl)c(Nc2ccccc2P(C)(C)=O)n1.COc1nc(N2CC3(C2)CC3(F)F)ccc1Nc1ncc(Cl)c(Nc2ccccc2P(C)(C)=O)n1.COc1nc(N2CC3(C2)CC3(F)F)ccc1[N+](=O)[O-].CP(C)(=O)c1ccccc1Nc1nc(Cl)ncc1Cl.FC1(F)CC12CNC2. The number of pyridine rings is 5. The number of para-hydroxylation sites is 3. The lowest BCUT2D eigenvalue weighted by Crippen LogP contribution is -2.51. The van der Waals surface area contributed by atoms with Crippen LogP contribution in [0.15, 0.2) is 152 Å². The molecule has 5 aliphatic heterocycles. The zero-order valence-corrected chi connectivity index (χ0v) is 85.6. The van der Waals surface area contributed by atoms with E-state index in [1.165, 1.54) is 78.4 Å². The van der Waals surface area contributed by atoms with Crippen LogP contribution >= 0.6 is 79.4 Å². The van der Waals surface area contributed by atoms with Crippen LogP contribution in [0.25, 0.3) is 0 Å². The molecule has 13 heterocycles. The van der Waals surface area contributed by atoms with Gasteiger partial charge in [-0.05, 0) is 137 Å². The van der Waals surface area contributed by atoms with Crippen molar-refractivity contribution in [1.82, 2.24) is 60.1 Å². The normalized spacial score (nSPS) is 18.4. The van der Waals surface area contributed by atoms with Crippen molar-refractivity contribution in [1.29, 1.82) is 0 Å². The maximum Gasteiger partial charge on any atom is 0.331 e. The van der Waals surface area contributed by atoms with Crippen LogP contribution in [-0.2, 0) is 13.7 Å². The first-order valence-corrected chi connectivity index (χ1v) is 53.8. The third-order valence-corrected chi connectivity index (χ3v) is 31.6. The summed E-state index contributed by atoms with van der Waals surface area (Å²) >= 11 is 29.9. The van der Waals surface area contributed by atoms with Gasteiger partial charge in [-0.2, -0.15) is 39.9 Å². The summed E-state index contributed by atoms with van der Waals surface area (Å²) in [7, 11) is -0.472. The number of aromatic nitrogens is 11. The first kappa shape index (κ1) is 107. The number of hydrogen-bond donors (Lipinski definition) is 7. The van der Waals surface area contributed by atoms with Crippen molar-refractivity contribution < 1.29 is 91.1 Å². The molecular formula is C91H96Cl5F10N24O12P3.